The summed E-state index contributed by atoms with van der Waals surface area (Å²) in [6.07, 6.45) is 5.47. The van der Waals surface area contributed by atoms with Gasteiger partial charge in [-0.05, 0) is 36.5 Å². The molecular weight excluding hydrogens is 312 g/mol. The maximum Gasteiger partial charge on any atom is 0.220 e. The number of carbonyl (C=O) groups is 1. The average molecular weight is 336 g/mol. The van der Waals surface area contributed by atoms with Crippen LogP contribution in [0, 0.1) is 5.92 Å². The summed E-state index contributed by atoms with van der Waals surface area (Å²) in [5, 5.41) is 10.5. The normalized spacial score (nSPS) is 17.2. The Morgan fingerprint density at radius 1 is 1.12 bits per heavy atom. The van der Waals surface area contributed by atoms with Gasteiger partial charge in [0.25, 0.3) is 0 Å². The summed E-state index contributed by atoms with van der Waals surface area (Å²) in [5.74, 6) is -0.440. The smallest absolute Gasteiger partial charge is 0.220 e. The standard InChI is InChI=1S/C21H24N2O2/c22-20(24)18(15-16-7-2-1-3-8-16)10-6-13-23-14-12-17-9-4-5-11-19(17)21(23)25/h1-5,7-9,11-12,14,18,21,25H,6,10,13,15H2,(H2,22,24). The SMILES string of the molecule is NC(=O)C(CCCN1C=Cc2ccccc2C1O)Cc1ccccc1. The second-order valence-electron chi connectivity index (χ2n) is 6.49. The molecule has 1 amide bonds. The Labute approximate surface area is 148 Å². The van der Waals surface area contributed by atoms with Crippen LogP contribution in [0.1, 0.15) is 35.8 Å². The number of nitrogens with two attached hydrogens (primary N) is 1. The van der Waals surface area contributed by atoms with E-state index >= 15 is 0 Å². The second kappa shape index (κ2) is 7.99. The molecule has 1 heterocycles. The van der Waals surface area contributed by atoms with Crippen molar-refractivity contribution in [1.82, 2.24) is 4.90 Å². The third-order valence-corrected chi connectivity index (χ3v) is 4.73. The second-order valence-corrected chi connectivity index (χ2v) is 6.49. The molecule has 25 heavy (non-hydrogen) atoms. The molecule has 0 radical (unpaired) electrons. The first-order chi connectivity index (χ1) is 12.1. The molecule has 0 aliphatic carbocycles. The summed E-state index contributed by atoms with van der Waals surface area (Å²) in [4.78, 5) is 13.7. The molecular formula is C21H24N2O2. The Morgan fingerprint density at radius 3 is 2.60 bits per heavy atom. The van der Waals surface area contributed by atoms with Gasteiger partial charge in [-0.25, -0.2) is 0 Å². The minimum absolute atomic E-state index is 0.180. The lowest BCUT2D eigenvalue weighted by atomic mass is 9.94. The molecule has 3 N–H and O–H groups in total. The minimum atomic E-state index is -0.637. The molecule has 3 rings (SSSR count). The predicted molar refractivity (Wildman–Crippen MR) is 99.2 cm³/mol. The number of benzene rings is 2. The lowest BCUT2D eigenvalue weighted by molar-refractivity contribution is -0.122. The zero-order valence-electron chi connectivity index (χ0n) is 14.2. The highest BCUT2D eigenvalue weighted by atomic mass is 16.3. The van der Waals surface area contributed by atoms with Crippen molar-refractivity contribution in [2.75, 3.05) is 6.54 Å². The van der Waals surface area contributed by atoms with Crippen LogP contribution in [0.25, 0.3) is 6.08 Å². The first kappa shape index (κ1) is 17.2. The van der Waals surface area contributed by atoms with Gasteiger partial charge < -0.3 is 15.7 Å². The third-order valence-electron chi connectivity index (χ3n) is 4.73. The number of primary amides is 1. The Bertz CT molecular complexity index is 743. The van der Waals surface area contributed by atoms with E-state index in [9.17, 15) is 9.90 Å². The summed E-state index contributed by atoms with van der Waals surface area (Å²) in [5.41, 5.74) is 8.67. The topological polar surface area (TPSA) is 66.6 Å². The first-order valence-corrected chi connectivity index (χ1v) is 8.69. The molecule has 1 aliphatic heterocycles. The van der Waals surface area contributed by atoms with Crippen LogP contribution in [0.4, 0.5) is 0 Å². The fourth-order valence-electron chi connectivity index (χ4n) is 3.29. The Hall–Kier alpha value is -2.59. The van der Waals surface area contributed by atoms with E-state index in [1.54, 1.807) is 0 Å². The molecule has 0 spiro atoms. The van der Waals surface area contributed by atoms with Gasteiger partial charge in [-0.15, -0.1) is 0 Å². The van der Waals surface area contributed by atoms with Gasteiger partial charge in [0, 0.05) is 24.2 Å². The molecule has 0 saturated carbocycles. The number of fused-ring (bicyclic) bond motifs is 1. The lowest BCUT2D eigenvalue weighted by Crippen LogP contribution is -2.29. The van der Waals surface area contributed by atoms with Crippen LogP contribution in [0.15, 0.2) is 60.8 Å². The number of aliphatic hydroxyl groups excluding tert-OH is 1. The van der Waals surface area contributed by atoms with E-state index < -0.39 is 6.23 Å². The number of hydrogen-bond donors (Lipinski definition) is 2. The molecule has 0 fully saturated rings. The van der Waals surface area contributed by atoms with Crippen molar-refractivity contribution >= 4 is 12.0 Å². The molecule has 2 unspecified atom stereocenters. The number of amides is 1. The van der Waals surface area contributed by atoms with Crippen molar-refractivity contribution in [2.24, 2.45) is 11.7 Å². The van der Waals surface area contributed by atoms with Crippen LogP contribution in [0.3, 0.4) is 0 Å². The minimum Gasteiger partial charge on any atom is -0.369 e. The fraction of sp³-hybridized carbons (Fsp3) is 0.286. The highest BCUT2D eigenvalue weighted by Gasteiger charge is 2.21. The maximum atomic E-state index is 11.8. The monoisotopic (exact) mass is 336 g/mol. The zero-order chi connectivity index (χ0) is 17.6. The molecule has 0 bridgehead atoms. The molecule has 1 aliphatic rings. The quantitative estimate of drug-likeness (QED) is 0.816. The summed E-state index contributed by atoms with van der Waals surface area (Å²) >= 11 is 0. The van der Waals surface area contributed by atoms with Gasteiger partial charge in [-0.2, -0.15) is 0 Å². The Morgan fingerprint density at radius 2 is 1.84 bits per heavy atom. The predicted octanol–water partition coefficient (Wildman–Crippen LogP) is 3.09. The van der Waals surface area contributed by atoms with Gasteiger partial charge in [0.05, 0.1) is 0 Å². The highest BCUT2D eigenvalue weighted by molar-refractivity contribution is 5.76. The largest absolute Gasteiger partial charge is 0.369 e. The van der Waals surface area contributed by atoms with E-state index in [4.69, 9.17) is 5.73 Å². The average Bonchev–Trinajstić information content (AvgIpc) is 2.63. The summed E-state index contributed by atoms with van der Waals surface area (Å²) in [6.45, 7) is 0.685. The molecule has 130 valence electrons. The van der Waals surface area contributed by atoms with Crippen LogP contribution < -0.4 is 5.73 Å². The third kappa shape index (κ3) is 4.28. The molecule has 2 aromatic rings. The summed E-state index contributed by atoms with van der Waals surface area (Å²) < 4.78 is 0. The van der Waals surface area contributed by atoms with Crippen LogP contribution in [-0.4, -0.2) is 22.5 Å². The van der Waals surface area contributed by atoms with Crippen molar-refractivity contribution in [2.45, 2.75) is 25.5 Å². The van der Waals surface area contributed by atoms with Gasteiger partial charge in [0.15, 0.2) is 6.23 Å². The molecule has 4 nitrogen and oxygen atoms in total. The van der Waals surface area contributed by atoms with E-state index in [1.807, 2.05) is 71.8 Å². The Kier molecular flexibility index (Phi) is 5.51. The number of nitrogens with zero attached hydrogens (tertiary/aromatic N) is 1. The van der Waals surface area contributed by atoms with Gasteiger partial charge >= 0.3 is 0 Å². The van der Waals surface area contributed by atoms with Crippen molar-refractivity contribution < 1.29 is 9.90 Å². The van der Waals surface area contributed by atoms with Crippen molar-refractivity contribution in [3.05, 3.63) is 77.5 Å². The maximum absolute atomic E-state index is 11.8. The van der Waals surface area contributed by atoms with E-state index in [-0.39, 0.29) is 11.8 Å². The summed E-state index contributed by atoms with van der Waals surface area (Å²) in [7, 11) is 0. The van der Waals surface area contributed by atoms with Crippen molar-refractivity contribution in [3.8, 4) is 0 Å². The molecule has 4 heteroatoms. The number of hydrogen-bond acceptors (Lipinski definition) is 3. The van der Waals surface area contributed by atoms with Crippen LogP contribution in [0.5, 0.6) is 0 Å². The van der Waals surface area contributed by atoms with E-state index in [0.29, 0.717) is 19.4 Å². The van der Waals surface area contributed by atoms with Crippen LogP contribution in [0.2, 0.25) is 0 Å². The van der Waals surface area contributed by atoms with Gasteiger partial charge in [-0.3, -0.25) is 4.79 Å². The molecule has 2 atom stereocenters. The highest BCUT2D eigenvalue weighted by Crippen LogP contribution is 2.28. The van der Waals surface area contributed by atoms with Gasteiger partial charge in [0.2, 0.25) is 5.91 Å². The van der Waals surface area contributed by atoms with Gasteiger partial charge in [-0.1, -0.05) is 54.6 Å². The number of carbonyl (C=O) groups excluding carboxylic acids is 1. The van der Waals surface area contributed by atoms with Gasteiger partial charge in [0.1, 0.15) is 0 Å². The summed E-state index contributed by atoms with van der Waals surface area (Å²) in [6, 6.07) is 17.8. The van der Waals surface area contributed by atoms with E-state index in [2.05, 4.69) is 0 Å². The molecule has 2 aromatic carbocycles. The van der Waals surface area contributed by atoms with Crippen molar-refractivity contribution in [1.29, 1.82) is 0 Å². The number of rotatable bonds is 7. The van der Waals surface area contributed by atoms with E-state index in [1.165, 1.54) is 0 Å². The van der Waals surface area contributed by atoms with Crippen molar-refractivity contribution in [3.63, 3.8) is 0 Å². The van der Waals surface area contributed by atoms with E-state index in [0.717, 1.165) is 23.1 Å². The lowest BCUT2D eigenvalue weighted by Gasteiger charge is -2.31. The number of aliphatic hydroxyl groups is 1. The van der Waals surface area contributed by atoms with Crippen LogP contribution >= 0.6 is 0 Å². The molecule has 0 saturated heterocycles. The zero-order valence-corrected chi connectivity index (χ0v) is 14.2. The van der Waals surface area contributed by atoms with Crippen LogP contribution in [-0.2, 0) is 11.2 Å². The fourth-order valence-corrected chi connectivity index (χ4v) is 3.29. The first-order valence-electron chi connectivity index (χ1n) is 8.69. The Balaban J connectivity index is 1.55. The molecule has 0 aromatic heterocycles.